The molecular formula is C16H21ClN6S. The van der Waals surface area contributed by atoms with E-state index < -0.39 is 0 Å². The fourth-order valence-electron chi connectivity index (χ4n) is 3.09. The molecule has 0 bridgehead atoms. The predicted octanol–water partition coefficient (Wildman–Crippen LogP) is 2.24. The Hall–Kier alpha value is -1.67. The first-order chi connectivity index (χ1) is 11.3. The molecule has 4 heterocycles. The Morgan fingerprint density at radius 1 is 1.33 bits per heavy atom. The van der Waals surface area contributed by atoms with E-state index in [0.29, 0.717) is 6.04 Å². The van der Waals surface area contributed by atoms with Crippen LogP contribution >= 0.6 is 23.7 Å². The minimum Gasteiger partial charge on any atom is -0.337 e. The van der Waals surface area contributed by atoms with Gasteiger partial charge in [0.1, 0.15) is 5.82 Å². The molecule has 1 aliphatic rings. The number of nitrogens with zero attached hydrogens (tertiary/aromatic N) is 5. The lowest BCUT2D eigenvalue weighted by Crippen LogP contribution is -2.46. The standard InChI is InChI=1S/C16H20N6S.ClH/c1-20-5-4-19-16(20)15-9-17-2-6-21(15)10-14-8-13(11-23-14)22-7-3-18-12-22;/h3-5,7-8,11-12,15,17H,2,6,9-10H2,1H3;1H. The minimum absolute atomic E-state index is 0. The highest BCUT2D eigenvalue weighted by molar-refractivity contribution is 7.10. The van der Waals surface area contributed by atoms with Gasteiger partial charge in [-0.05, 0) is 6.07 Å². The maximum absolute atomic E-state index is 4.55. The zero-order valence-electron chi connectivity index (χ0n) is 13.5. The lowest BCUT2D eigenvalue weighted by Gasteiger charge is -2.35. The Morgan fingerprint density at radius 2 is 2.25 bits per heavy atom. The zero-order chi connectivity index (χ0) is 15.6. The maximum atomic E-state index is 4.55. The van der Waals surface area contributed by atoms with Crippen molar-refractivity contribution in [2.75, 3.05) is 19.6 Å². The number of aromatic nitrogens is 4. The Bertz CT molecular complexity index is 765. The highest BCUT2D eigenvalue weighted by Gasteiger charge is 2.27. The summed E-state index contributed by atoms with van der Waals surface area (Å²) in [6.07, 6.45) is 9.53. The Labute approximate surface area is 151 Å². The number of rotatable bonds is 4. The summed E-state index contributed by atoms with van der Waals surface area (Å²) in [5.41, 5.74) is 1.19. The molecule has 0 saturated carbocycles. The average molecular weight is 365 g/mol. The number of imidazole rings is 2. The number of hydrogen-bond acceptors (Lipinski definition) is 5. The first-order valence-corrected chi connectivity index (χ1v) is 8.67. The first-order valence-electron chi connectivity index (χ1n) is 7.79. The van der Waals surface area contributed by atoms with Crippen LogP contribution in [-0.4, -0.2) is 43.6 Å². The summed E-state index contributed by atoms with van der Waals surface area (Å²) in [4.78, 5) is 12.6. The van der Waals surface area contributed by atoms with Crippen LogP contribution in [0.1, 0.15) is 16.7 Å². The van der Waals surface area contributed by atoms with E-state index in [2.05, 4.69) is 43.2 Å². The third-order valence-corrected chi connectivity index (χ3v) is 5.22. The van der Waals surface area contributed by atoms with Gasteiger partial charge in [0, 0.05) is 68.3 Å². The molecule has 0 aromatic carbocycles. The van der Waals surface area contributed by atoms with Crippen LogP contribution in [0.25, 0.3) is 5.69 Å². The number of piperazine rings is 1. The van der Waals surface area contributed by atoms with Crippen LogP contribution in [0.3, 0.4) is 0 Å². The molecule has 3 aromatic heterocycles. The van der Waals surface area contributed by atoms with Crippen molar-refractivity contribution in [3.8, 4) is 5.69 Å². The van der Waals surface area contributed by atoms with Gasteiger partial charge in [-0.2, -0.15) is 0 Å². The van der Waals surface area contributed by atoms with E-state index in [9.17, 15) is 0 Å². The molecule has 6 nitrogen and oxygen atoms in total. The molecule has 4 rings (SSSR count). The van der Waals surface area contributed by atoms with E-state index in [1.165, 1.54) is 10.6 Å². The highest BCUT2D eigenvalue weighted by atomic mass is 35.5. The molecule has 1 saturated heterocycles. The van der Waals surface area contributed by atoms with Crippen molar-refractivity contribution >= 4 is 23.7 Å². The molecule has 1 unspecified atom stereocenters. The van der Waals surface area contributed by atoms with Gasteiger partial charge in [-0.25, -0.2) is 9.97 Å². The van der Waals surface area contributed by atoms with Crippen LogP contribution in [0.2, 0.25) is 0 Å². The summed E-state index contributed by atoms with van der Waals surface area (Å²) < 4.78 is 4.17. The van der Waals surface area contributed by atoms with Gasteiger partial charge in [-0.3, -0.25) is 4.90 Å². The van der Waals surface area contributed by atoms with E-state index in [0.717, 1.165) is 32.0 Å². The molecule has 1 N–H and O–H groups in total. The van der Waals surface area contributed by atoms with Crippen LogP contribution in [0.4, 0.5) is 0 Å². The van der Waals surface area contributed by atoms with E-state index in [1.54, 1.807) is 0 Å². The minimum atomic E-state index is 0. The molecule has 0 spiro atoms. The van der Waals surface area contributed by atoms with Crippen molar-refractivity contribution in [1.29, 1.82) is 0 Å². The monoisotopic (exact) mass is 364 g/mol. The van der Waals surface area contributed by atoms with Crippen molar-refractivity contribution in [1.82, 2.24) is 29.3 Å². The summed E-state index contributed by atoms with van der Waals surface area (Å²) in [6, 6.07) is 2.58. The maximum Gasteiger partial charge on any atom is 0.127 e. The molecule has 1 aliphatic heterocycles. The molecule has 1 atom stereocenters. The zero-order valence-corrected chi connectivity index (χ0v) is 15.1. The Balaban J connectivity index is 0.00000169. The van der Waals surface area contributed by atoms with Gasteiger partial charge in [-0.1, -0.05) is 0 Å². The predicted molar refractivity (Wildman–Crippen MR) is 97.9 cm³/mol. The first kappa shape index (κ1) is 17.2. The molecule has 24 heavy (non-hydrogen) atoms. The largest absolute Gasteiger partial charge is 0.337 e. The van der Waals surface area contributed by atoms with Gasteiger partial charge in [0.05, 0.1) is 18.1 Å². The van der Waals surface area contributed by atoms with Crippen molar-refractivity contribution in [2.24, 2.45) is 7.05 Å². The molecule has 1 fully saturated rings. The summed E-state index contributed by atoms with van der Waals surface area (Å²) in [5, 5.41) is 5.68. The van der Waals surface area contributed by atoms with Crippen molar-refractivity contribution in [3.05, 3.63) is 53.3 Å². The van der Waals surface area contributed by atoms with Crippen LogP contribution in [0.5, 0.6) is 0 Å². The number of halogens is 1. The van der Waals surface area contributed by atoms with Crippen molar-refractivity contribution in [3.63, 3.8) is 0 Å². The van der Waals surface area contributed by atoms with Gasteiger partial charge in [0.25, 0.3) is 0 Å². The van der Waals surface area contributed by atoms with Gasteiger partial charge >= 0.3 is 0 Å². The molecule has 8 heteroatoms. The smallest absolute Gasteiger partial charge is 0.127 e. The van der Waals surface area contributed by atoms with E-state index >= 15 is 0 Å². The molecule has 128 valence electrons. The van der Waals surface area contributed by atoms with Crippen molar-refractivity contribution in [2.45, 2.75) is 12.6 Å². The lowest BCUT2D eigenvalue weighted by atomic mass is 10.1. The molecule has 0 aliphatic carbocycles. The summed E-state index contributed by atoms with van der Waals surface area (Å²) in [7, 11) is 2.07. The number of hydrogen-bond donors (Lipinski definition) is 1. The van der Waals surface area contributed by atoms with Crippen LogP contribution in [0, 0.1) is 0 Å². The second-order valence-electron chi connectivity index (χ2n) is 5.83. The van der Waals surface area contributed by atoms with Gasteiger partial charge in [0.2, 0.25) is 0 Å². The average Bonchev–Trinajstić information content (AvgIpc) is 3.29. The second-order valence-corrected chi connectivity index (χ2v) is 6.82. The Kier molecular flexibility index (Phi) is 5.35. The van der Waals surface area contributed by atoms with Gasteiger partial charge in [0.15, 0.2) is 0 Å². The Morgan fingerprint density at radius 3 is 3.00 bits per heavy atom. The van der Waals surface area contributed by atoms with E-state index in [1.807, 2.05) is 47.0 Å². The summed E-state index contributed by atoms with van der Waals surface area (Å²) in [6.45, 7) is 3.97. The molecule has 3 aromatic rings. The third-order valence-electron chi connectivity index (χ3n) is 4.31. The molecule has 0 radical (unpaired) electrons. The van der Waals surface area contributed by atoms with Gasteiger partial charge < -0.3 is 14.5 Å². The van der Waals surface area contributed by atoms with Crippen LogP contribution < -0.4 is 5.32 Å². The van der Waals surface area contributed by atoms with Crippen LogP contribution in [-0.2, 0) is 13.6 Å². The van der Waals surface area contributed by atoms with E-state index in [-0.39, 0.29) is 12.4 Å². The SMILES string of the molecule is Cl.Cn1ccnc1C1CNCCN1Cc1cc(-n2ccnc2)cs1. The fourth-order valence-corrected chi connectivity index (χ4v) is 3.98. The van der Waals surface area contributed by atoms with Gasteiger partial charge in [-0.15, -0.1) is 23.7 Å². The second kappa shape index (κ2) is 7.48. The third kappa shape index (κ3) is 3.39. The van der Waals surface area contributed by atoms with Crippen LogP contribution in [0.15, 0.2) is 42.6 Å². The lowest BCUT2D eigenvalue weighted by molar-refractivity contribution is 0.146. The van der Waals surface area contributed by atoms with E-state index in [4.69, 9.17) is 0 Å². The summed E-state index contributed by atoms with van der Waals surface area (Å²) >= 11 is 1.81. The quantitative estimate of drug-likeness (QED) is 0.771. The number of nitrogens with one attached hydrogen (secondary N) is 1. The summed E-state index contributed by atoms with van der Waals surface area (Å²) in [5.74, 6) is 1.13. The number of aryl methyl sites for hydroxylation is 1. The number of thiophene rings is 1. The van der Waals surface area contributed by atoms with Crippen molar-refractivity contribution < 1.29 is 0 Å². The molecule has 0 amide bonds. The fraction of sp³-hybridized carbons (Fsp3) is 0.375. The normalized spacial score (nSPS) is 18.5. The molecular weight excluding hydrogens is 344 g/mol. The topological polar surface area (TPSA) is 50.9 Å². The highest BCUT2D eigenvalue weighted by Crippen LogP contribution is 2.26.